The Morgan fingerprint density at radius 2 is 0.828 bits per heavy atom. The Morgan fingerprint density at radius 1 is 0.293 bits per heavy atom. The van der Waals surface area contributed by atoms with Gasteiger partial charge in [-0.3, -0.25) is 0 Å². The van der Waals surface area contributed by atoms with Crippen LogP contribution in [0.2, 0.25) is 0 Å². The fraction of sp³-hybridized carbons (Fsp3) is 0. The van der Waals surface area contributed by atoms with Crippen molar-refractivity contribution < 1.29 is 13.3 Å². The maximum atomic E-state index is 6.85. The fourth-order valence-corrected chi connectivity index (χ4v) is 8.86. The Balaban J connectivity index is 1.02. The van der Waals surface area contributed by atoms with Gasteiger partial charge in [0.25, 0.3) is 0 Å². The summed E-state index contributed by atoms with van der Waals surface area (Å²) in [4.78, 5) is 2.33. The third-order valence-electron chi connectivity index (χ3n) is 11.5. The SMILES string of the molecule is c1ccc(N(c2ccc(-c3cccc4c3oc3ccccc34)cc2)c2ccc(-c3cccc(-c4cccc5oc6ccccc6c45)c3)c3oc4ccccc4c23)cc1. The molecule has 3 heterocycles. The highest BCUT2D eigenvalue weighted by Crippen LogP contribution is 2.47. The summed E-state index contributed by atoms with van der Waals surface area (Å²) in [7, 11) is 0. The Hall–Kier alpha value is -7.82. The van der Waals surface area contributed by atoms with Crippen molar-refractivity contribution in [3.63, 3.8) is 0 Å². The molecule has 0 radical (unpaired) electrons. The number of para-hydroxylation sites is 5. The normalized spacial score (nSPS) is 11.8. The van der Waals surface area contributed by atoms with Crippen LogP contribution in [0, 0.1) is 0 Å². The van der Waals surface area contributed by atoms with Crippen molar-refractivity contribution >= 4 is 82.9 Å². The van der Waals surface area contributed by atoms with E-state index in [-0.39, 0.29) is 0 Å². The molecule has 0 fully saturated rings. The molecule has 0 amide bonds. The highest BCUT2D eigenvalue weighted by molar-refractivity contribution is 6.18. The van der Waals surface area contributed by atoms with Crippen LogP contribution in [0.4, 0.5) is 17.1 Å². The predicted octanol–water partition coefficient (Wildman–Crippen LogP) is 15.9. The van der Waals surface area contributed by atoms with E-state index in [1.54, 1.807) is 0 Å². The largest absolute Gasteiger partial charge is 0.456 e. The molecule has 4 nitrogen and oxygen atoms in total. The van der Waals surface area contributed by atoms with Crippen LogP contribution in [0.1, 0.15) is 0 Å². The molecule has 0 N–H and O–H groups in total. The first-order valence-corrected chi connectivity index (χ1v) is 19.6. The molecule has 0 aliphatic rings. The third-order valence-corrected chi connectivity index (χ3v) is 11.5. The smallest absolute Gasteiger partial charge is 0.145 e. The monoisotopic (exact) mass is 743 g/mol. The van der Waals surface area contributed by atoms with Crippen molar-refractivity contribution in [2.24, 2.45) is 0 Å². The van der Waals surface area contributed by atoms with Gasteiger partial charge in [-0.2, -0.15) is 0 Å². The minimum Gasteiger partial charge on any atom is -0.456 e. The van der Waals surface area contributed by atoms with Crippen molar-refractivity contribution in [1.29, 1.82) is 0 Å². The molecular formula is C54H33NO3. The van der Waals surface area contributed by atoms with Gasteiger partial charge in [-0.1, -0.05) is 133 Å². The van der Waals surface area contributed by atoms with Crippen LogP contribution in [-0.2, 0) is 0 Å². The summed E-state index contributed by atoms with van der Waals surface area (Å²) in [6.45, 7) is 0. The van der Waals surface area contributed by atoms with Crippen LogP contribution in [0.5, 0.6) is 0 Å². The molecule has 0 aliphatic heterocycles. The molecule has 4 heteroatoms. The van der Waals surface area contributed by atoms with E-state index >= 15 is 0 Å². The minimum atomic E-state index is 0.844. The number of benzene rings is 9. The molecule has 0 saturated carbocycles. The van der Waals surface area contributed by atoms with Gasteiger partial charge in [0.2, 0.25) is 0 Å². The van der Waals surface area contributed by atoms with Crippen LogP contribution in [0.15, 0.2) is 213 Å². The van der Waals surface area contributed by atoms with E-state index in [0.717, 1.165) is 116 Å². The molecule has 12 rings (SSSR count). The van der Waals surface area contributed by atoms with Gasteiger partial charge in [0.15, 0.2) is 0 Å². The average Bonchev–Trinajstić information content (AvgIpc) is 3.99. The first-order chi connectivity index (χ1) is 28.8. The van der Waals surface area contributed by atoms with E-state index in [1.165, 1.54) is 0 Å². The van der Waals surface area contributed by atoms with E-state index in [9.17, 15) is 0 Å². The number of fused-ring (bicyclic) bond motifs is 9. The summed E-state index contributed by atoms with van der Waals surface area (Å²) in [6, 6.07) is 70.1. The maximum Gasteiger partial charge on any atom is 0.145 e. The lowest BCUT2D eigenvalue weighted by Crippen LogP contribution is -2.10. The van der Waals surface area contributed by atoms with Crippen LogP contribution in [-0.4, -0.2) is 0 Å². The second-order valence-corrected chi connectivity index (χ2v) is 14.8. The fourth-order valence-electron chi connectivity index (χ4n) is 8.86. The van der Waals surface area contributed by atoms with E-state index < -0.39 is 0 Å². The summed E-state index contributed by atoms with van der Waals surface area (Å²) < 4.78 is 19.5. The van der Waals surface area contributed by atoms with Gasteiger partial charge in [0.05, 0.1) is 11.1 Å². The van der Waals surface area contributed by atoms with Gasteiger partial charge in [0, 0.05) is 49.4 Å². The van der Waals surface area contributed by atoms with Gasteiger partial charge in [0.1, 0.15) is 33.5 Å². The lowest BCUT2D eigenvalue weighted by atomic mass is 9.94. The predicted molar refractivity (Wildman–Crippen MR) is 239 cm³/mol. The first kappa shape index (κ1) is 32.4. The molecule has 0 aliphatic carbocycles. The number of hydrogen-bond acceptors (Lipinski definition) is 4. The summed E-state index contributed by atoms with van der Waals surface area (Å²) in [5, 5.41) is 6.61. The highest BCUT2D eigenvalue weighted by Gasteiger charge is 2.23. The maximum absolute atomic E-state index is 6.85. The molecule has 58 heavy (non-hydrogen) atoms. The Kier molecular flexibility index (Phi) is 7.20. The molecule has 0 saturated heterocycles. The third kappa shape index (κ3) is 5.02. The quantitative estimate of drug-likeness (QED) is 0.170. The molecule has 0 bridgehead atoms. The minimum absolute atomic E-state index is 0.844. The number of nitrogens with zero attached hydrogens (tertiary/aromatic N) is 1. The van der Waals surface area contributed by atoms with Crippen LogP contribution in [0.25, 0.3) is 99.2 Å². The first-order valence-electron chi connectivity index (χ1n) is 19.6. The molecule has 0 spiro atoms. The Bertz CT molecular complexity index is 3520. The van der Waals surface area contributed by atoms with Crippen LogP contribution < -0.4 is 4.90 Å². The second-order valence-electron chi connectivity index (χ2n) is 14.8. The van der Waals surface area contributed by atoms with Crippen molar-refractivity contribution in [3.05, 3.63) is 200 Å². The van der Waals surface area contributed by atoms with Crippen LogP contribution in [0.3, 0.4) is 0 Å². The lowest BCUT2D eigenvalue weighted by molar-refractivity contribution is 0.669. The van der Waals surface area contributed by atoms with Crippen LogP contribution >= 0.6 is 0 Å². The second kappa shape index (κ2) is 12.9. The number of furan rings is 3. The molecule has 0 atom stereocenters. The Morgan fingerprint density at radius 3 is 1.62 bits per heavy atom. The summed E-state index contributed by atoms with van der Waals surface area (Å²) >= 11 is 0. The number of hydrogen-bond donors (Lipinski definition) is 0. The molecule has 272 valence electrons. The standard InChI is InChI=1S/C54H33NO3/c1-2-15-37(16-3-1)55(38-29-27-34(28-30-38)40-21-11-22-43-42-17-4-7-23-47(42)57-53(40)43)46-32-31-41(54-52(46)45-19-6-9-25-49(45)58-54)36-14-10-13-35(33-36)39-20-12-26-50-51(39)44-18-5-8-24-48(44)56-50/h1-33H. The molecular weight excluding hydrogens is 711 g/mol. The number of anilines is 3. The van der Waals surface area contributed by atoms with E-state index in [1.807, 2.05) is 36.4 Å². The zero-order valence-corrected chi connectivity index (χ0v) is 31.2. The summed E-state index contributed by atoms with van der Waals surface area (Å²) in [6.07, 6.45) is 0. The lowest BCUT2D eigenvalue weighted by Gasteiger charge is -2.27. The molecule has 12 aromatic rings. The topological polar surface area (TPSA) is 42.7 Å². The average molecular weight is 744 g/mol. The highest BCUT2D eigenvalue weighted by atomic mass is 16.3. The van der Waals surface area contributed by atoms with Crippen molar-refractivity contribution in [3.8, 4) is 33.4 Å². The molecule has 3 aromatic heterocycles. The van der Waals surface area contributed by atoms with Gasteiger partial charge in [-0.25, -0.2) is 0 Å². The summed E-state index contributed by atoms with van der Waals surface area (Å²) in [5.41, 5.74) is 14.9. The van der Waals surface area contributed by atoms with Gasteiger partial charge in [-0.05, 0) is 89.0 Å². The zero-order valence-electron chi connectivity index (χ0n) is 31.2. The summed E-state index contributed by atoms with van der Waals surface area (Å²) in [5.74, 6) is 0. The van der Waals surface area contributed by atoms with Crippen molar-refractivity contribution in [2.45, 2.75) is 0 Å². The van der Waals surface area contributed by atoms with E-state index in [0.29, 0.717) is 0 Å². The molecule has 0 unspecified atom stereocenters. The van der Waals surface area contributed by atoms with Gasteiger partial charge < -0.3 is 18.2 Å². The molecule has 9 aromatic carbocycles. The zero-order chi connectivity index (χ0) is 38.2. The van der Waals surface area contributed by atoms with E-state index in [4.69, 9.17) is 13.3 Å². The number of rotatable bonds is 6. The van der Waals surface area contributed by atoms with Crippen molar-refractivity contribution in [1.82, 2.24) is 0 Å². The van der Waals surface area contributed by atoms with Gasteiger partial charge >= 0.3 is 0 Å². The van der Waals surface area contributed by atoms with Gasteiger partial charge in [-0.15, -0.1) is 0 Å². The van der Waals surface area contributed by atoms with Crippen molar-refractivity contribution in [2.75, 3.05) is 4.90 Å². The Labute approximate surface area is 333 Å². The van der Waals surface area contributed by atoms with E-state index in [2.05, 4.69) is 169 Å².